The molecule has 11 rings (SSSR count). The Morgan fingerprint density at radius 3 is 1.92 bits per heavy atom. The van der Waals surface area contributed by atoms with E-state index in [2.05, 4.69) is 84.9 Å². The molecule has 0 fully saturated rings. The molecule has 4 heterocycles. The number of hydrogen-bond donors (Lipinski definition) is 0. The SMILES string of the molecule is c1ccc(-c2nc(-c3ccc4c(c3)oc3ccccc34)nc(-c3cccc4oc5cc(-c6cccc(-c7nc8ccccc8s7)c6)ccc5c34)n2)cc1. The molecule has 0 atom stereocenters. The first-order valence-corrected chi connectivity index (χ1v) is 18.2. The molecular formula is C46H26N4O2S. The maximum absolute atomic E-state index is 6.54. The van der Waals surface area contributed by atoms with E-state index in [4.69, 9.17) is 28.8 Å². The van der Waals surface area contributed by atoms with Crippen molar-refractivity contribution in [1.29, 1.82) is 0 Å². The van der Waals surface area contributed by atoms with E-state index >= 15 is 0 Å². The molecule has 0 amide bonds. The van der Waals surface area contributed by atoms with Gasteiger partial charge in [0.15, 0.2) is 17.5 Å². The molecule has 6 nitrogen and oxygen atoms in total. The Hall–Kier alpha value is -6.96. The Morgan fingerprint density at radius 1 is 0.377 bits per heavy atom. The summed E-state index contributed by atoms with van der Waals surface area (Å²) in [6.45, 7) is 0. The van der Waals surface area contributed by atoms with Crippen molar-refractivity contribution in [2.24, 2.45) is 0 Å². The second kappa shape index (κ2) is 11.8. The lowest BCUT2D eigenvalue weighted by molar-refractivity contribution is 0.668. The van der Waals surface area contributed by atoms with E-state index in [0.717, 1.165) is 87.8 Å². The molecule has 7 heteroatoms. The third-order valence-corrected chi connectivity index (χ3v) is 10.9. The van der Waals surface area contributed by atoms with Gasteiger partial charge in [0, 0.05) is 43.8 Å². The summed E-state index contributed by atoms with van der Waals surface area (Å²) in [5, 5.41) is 5.10. The zero-order valence-corrected chi connectivity index (χ0v) is 28.8. The van der Waals surface area contributed by atoms with Crippen LogP contribution < -0.4 is 0 Å². The van der Waals surface area contributed by atoms with Gasteiger partial charge in [-0.05, 0) is 65.7 Å². The largest absolute Gasteiger partial charge is 0.456 e. The Bertz CT molecular complexity index is 3160. The minimum atomic E-state index is 0.566. The summed E-state index contributed by atoms with van der Waals surface area (Å²) < 4.78 is 14.0. The number of aromatic nitrogens is 4. The quantitative estimate of drug-likeness (QED) is 0.178. The van der Waals surface area contributed by atoms with Gasteiger partial charge < -0.3 is 8.83 Å². The first-order valence-electron chi connectivity index (χ1n) is 17.4. The first kappa shape index (κ1) is 29.7. The lowest BCUT2D eigenvalue weighted by Crippen LogP contribution is -2.00. The number of furan rings is 2. The van der Waals surface area contributed by atoms with E-state index in [1.54, 1.807) is 11.3 Å². The normalized spacial score (nSPS) is 11.8. The van der Waals surface area contributed by atoms with Crippen LogP contribution in [0, 0.1) is 0 Å². The molecule has 11 aromatic rings. The average Bonchev–Trinajstić information content (AvgIpc) is 3.94. The fourth-order valence-corrected chi connectivity index (χ4v) is 8.19. The number of thiazole rings is 1. The van der Waals surface area contributed by atoms with Crippen molar-refractivity contribution in [3.05, 3.63) is 158 Å². The fraction of sp³-hybridized carbons (Fsp3) is 0. The van der Waals surface area contributed by atoms with Gasteiger partial charge in [-0.1, -0.05) is 103 Å². The van der Waals surface area contributed by atoms with Crippen LogP contribution in [0.2, 0.25) is 0 Å². The first-order chi connectivity index (χ1) is 26.2. The molecule has 7 aromatic carbocycles. The summed E-state index contributed by atoms with van der Waals surface area (Å²) in [7, 11) is 0. The van der Waals surface area contributed by atoms with Crippen molar-refractivity contribution in [1.82, 2.24) is 19.9 Å². The number of nitrogens with zero attached hydrogens (tertiary/aromatic N) is 4. The van der Waals surface area contributed by atoms with Crippen LogP contribution in [0.4, 0.5) is 0 Å². The van der Waals surface area contributed by atoms with Crippen molar-refractivity contribution in [3.8, 4) is 55.9 Å². The van der Waals surface area contributed by atoms with Gasteiger partial charge in [0.25, 0.3) is 0 Å². The van der Waals surface area contributed by atoms with E-state index in [1.165, 1.54) is 4.70 Å². The molecule has 0 aliphatic rings. The van der Waals surface area contributed by atoms with Gasteiger partial charge >= 0.3 is 0 Å². The van der Waals surface area contributed by atoms with Gasteiger partial charge in [-0.15, -0.1) is 11.3 Å². The summed E-state index contributed by atoms with van der Waals surface area (Å²) in [5.74, 6) is 1.73. The molecular weight excluding hydrogens is 673 g/mol. The number of rotatable bonds is 5. The van der Waals surface area contributed by atoms with Crippen molar-refractivity contribution >= 4 is 65.4 Å². The third kappa shape index (κ3) is 5.01. The summed E-state index contributed by atoms with van der Waals surface area (Å²) >= 11 is 1.71. The average molecular weight is 699 g/mol. The van der Waals surface area contributed by atoms with Gasteiger partial charge in [-0.2, -0.15) is 0 Å². The molecule has 0 saturated heterocycles. The van der Waals surface area contributed by atoms with Crippen LogP contribution in [0.3, 0.4) is 0 Å². The minimum Gasteiger partial charge on any atom is -0.456 e. The van der Waals surface area contributed by atoms with Crippen LogP contribution in [0.1, 0.15) is 0 Å². The molecule has 0 aliphatic heterocycles. The van der Waals surface area contributed by atoms with Gasteiger partial charge in [-0.3, -0.25) is 0 Å². The van der Waals surface area contributed by atoms with E-state index in [9.17, 15) is 0 Å². The van der Waals surface area contributed by atoms with E-state index in [1.807, 2.05) is 72.8 Å². The highest BCUT2D eigenvalue weighted by molar-refractivity contribution is 7.21. The Kier molecular flexibility index (Phi) is 6.62. The maximum atomic E-state index is 6.54. The Labute approximate surface area is 306 Å². The number of para-hydroxylation sites is 2. The Balaban J connectivity index is 1.04. The number of hydrogen-bond acceptors (Lipinski definition) is 7. The summed E-state index contributed by atoms with van der Waals surface area (Å²) in [4.78, 5) is 20.0. The molecule has 0 unspecified atom stereocenters. The van der Waals surface area contributed by atoms with Crippen LogP contribution in [-0.2, 0) is 0 Å². The maximum Gasteiger partial charge on any atom is 0.164 e. The molecule has 0 saturated carbocycles. The van der Waals surface area contributed by atoms with Gasteiger partial charge in [0.05, 0.1) is 10.2 Å². The lowest BCUT2D eigenvalue weighted by atomic mass is 10.00. The van der Waals surface area contributed by atoms with Crippen molar-refractivity contribution < 1.29 is 8.83 Å². The molecule has 53 heavy (non-hydrogen) atoms. The van der Waals surface area contributed by atoms with Crippen LogP contribution in [-0.4, -0.2) is 19.9 Å². The van der Waals surface area contributed by atoms with Crippen molar-refractivity contribution in [2.75, 3.05) is 0 Å². The van der Waals surface area contributed by atoms with Crippen LogP contribution >= 0.6 is 11.3 Å². The number of fused-ring (bicyclic) bond motifs is 7. The van der Waals surface area contributed by atoms with E-state index in [-0.39, 0.29) is 0 Å². The van der Waals surface area contributed by atoms with Gasteiger partial charge in [0.2, 0.25) is 0 Å². The summed E-state index contributed by atoms with van der Waals surface area (Å²) in [5.41, 5.74) is 10.1. The van der Waals surface area contributed by atoms with Crippen molar-refractivity contribution in [2.45, 2.75) is 0 Å². The summed E-state index contributed by atoms with van der Waals surface area (Å²) in [6.07, 6.45) is 0. The number of benzene rings is 7. The Morgan fingerprint density at radius 2 is 1.00 bits per heavy atom. The molecule has 0 N–H and O–H groups in total. The monoisotopic (exact) mass is 698 g/mol. The highest BCUT2D eigenvalue weighted by atomic mass is 32.1. The predicted octanol–water partition coefficient (Wildman–Crippen LogP) is 12.6. The molecule has 0 radical (unpaired) electrons. The smallest absolute Gasteiger partial charge is 0.164 e. The second-order valence-corrected chi connectivity index (χ2v) is 14.1. The highest BCUT2D eigenvalue weighted by Gasteiger charge is 2.19. The molecule has 0 bridgehead atoms. The van der Waals surface area contributed by atoms with Crippen LogP contribution in [0.25, 0.3) is 110 Å². The summed E-state index contributed by atoms with van der Waals surface area (Å²) in [6, 6.07) is 53.5. The highest BCUT2D eigenvalue weighted by Crippen LogP contribution is 2.40. The zero-order chi connectivity index (χ0) is 34.9. The van der Waals surface area contributed by atoms with Gasteiger partial charge in [-0.25, -0.2) is 19.9 Å². The van der Waals surface area contributed by atoms with E-state index in [0.29, 0.717) is 17.5 Å². The minimum absolute atomic E-state index is 0.566. The standard InChI is InChI=1S/C46H26N4O2S/c1-2-10-27(11-3-1)43-48-44(30-21-22-33-32-14-4-6-17-37(32)51-39(33)26-30)50-45(49-43)35-15-9-18-38-42(35)34-23-20-29(25-40(34)52-38)28-12-8-13-31(24-28)46-47-36-16-5-7-19-41(36)53-46/h1-26H. The van der Waals surface area contributed by atoms with Gasteiger partial charge in [0.1, 0.15) is 27.3 Å². The molecule has 4 aromatic heterocycles. The van der Waals surface area contributed by atoms with Crippen molar-refractivity contribution in [3.63, 3.8) is 0 Å². The molecule has 0 spiro atoms. The zero-order valence-electron chi connectivity index (χ0n) is 28.0. The fourth-order valence-electron chi connectivity index (χ4n) is 7.23. The molecule has 0 aliphatic carbocycles. The predicted molar refractivity (Wildman–Crippen MR) is 215 cm³/mol. The van der Waals surface area contributed by atoms with E-state index < -0.39 is 0 Å². The van der Waals surface area contributed by atoms with Crippen LogP contribution in [0.5, 0.6) is 0 Å². The second-order valence-electron chi connectivity index (χ2n) is 13.0. The van der Waals surface area contributed by atoms with Crippen LogP contribution in [0.15, 0.2) is 167 Å². The topological polar surface area (TPSA) is 77.8 Å². The lowest BCUT2D eigenvalue weighted by Gasteiger charge is -2.09. The molecule has 248 valence electrons. The third-order valence-electron chi connectivity index (χ3n) is 9.78.